The summed E-state index contributed by atoms with van der Waals surface area (Å²) < 4.78 is 0. The molecule has 10 aromatic carbocycles. The van der Waals surface area contributed by atoms with Crippen LogP contribution in [0.25, 0.3) is 55.6 Å². The Kier molecular flexibility index (Phi) is 9.14. The first-order valence-corrected chi connectivity index (χ1v) is 22.8. The lowest BCUT2D eigenvalue weighted by molar-refractivity contribution is 0.660. The lowest BCUT2D eigenvalue weighted by Gasteiger charge is -2.34. The van der Waals surface area contributed by atoms with Crippen LogP contribution in [-0.2, 0) is 10.8 Å². The van der Waals surface area contributed by atoms with Crippen LogP contribution >= 0.6 is 0 Å². The predicted octanol–water partition coefficient (Wildman–Crippen LogP) is 16.8. The van der Waals surface area contributed by atoms with Crippen LogP contribution < -0.4 is 4.90 Å². The predicted molar refractivity (Wildman–Crippen MR) is 272 cm³/mol. The molecule has 2 aliphatic rings. The number of rotatable bonds is 8. The van der Waals surface area contributed by atoms with Crippen molar-refractivity contribution in [2.45, 2.75) is 24.7 Å². The third-order valence-corrected chi connectivity index (χ3v) is 14.2. The SMILES string of the molecule is CC1(C)c2cc(-c3ccc(-c4ccccc4)cc3)ccc2-c2ccc(N(c3ccc4c(c3)-c3ccccc3C4(c3ccccc3)c3ccccc3)c3ccccc3-c3ccccc3)cc21. The van der Waals surface area contributed by atoms with Gasteiger partial charge in [0, 0.05) is 22.4 Å². The molecular weight excluding hydrogens is 783 g/mol. The van der Waals surface area contributed by atoms with E-state index in [4.69, 9.17) is 0 Å². The van der Waals surface area contributed by atoms with Crippen LogP contribution in [0, 0.1) is 0 Å². The molecule has 0 atom stereocenters. The standard InChI is InChI=1S/C64H47N/c1-63(2)60-41-48(46-33-31-45(32-34-46)44-19-7-3-8-20-44)35-38-55(60)56-39-36-52(43-61(56)63)65(62-30-18-16-27-53(62)47-21-9-4-10-22-47)51-37-40-59-57(42-51)54-28-15-17-29-58(54)64(59,49-23-11-5-12-24-49)50-25-13-6-14-26-50/h3-43H,1-2H3. The highest BCUT2D eigenvalue weighted by atomic mass is 15.1. The lowest BCUT2D eigenvalue weighted by Crippen LogP contribution is -2.28. The summed E-state index contributed by atoms with van der Waals surface area (Å²) in [5, 5.41) is 0. The van der Waals surface area contributed by atoms with Crippen LogP contribution in [0.4, 0.5) is 17.1 Å². The van der Waals surface area contributed by atoms with E-state index in [-0.39, 0.29) is 5.41 Å². The summed E-state index contributed by atoms with van der Waals surface area (Å²) in [6.45, 7) is 4.79. The van der Waals surface area contributed by atoms with Gasteiger partial charge in [-0.25, -0.2) is 0 Å². The normalized spacial score (nSPS) is 13.6. The van der Waals surface area contributed by atoms with E-state index in [9.17, 15) is 0 Å². The molecule has 0 saturated heterocycles. The summed E-state index contributed by atoms with van der Waals surface area (Å²) in [6, 6.07) is 91.9. The van der Waals surface area contributed by atoms with E-state index in [2.05, 4.69) is 267 Å². The molecule has 0 amide bonds. The Hall–Kier alpha value is -8.00. The molecule has 308 valence electrons. The second-order valence-electron chi connectivity index (χ2n) is 18.0. The smallest absolute Gasteiger partial charge is 0.0713 e. The number of para-hydroxylation sites is 1. The van der Waals surface area contributed by atoms with Gasteiger partial charge in [-0.2, -0.15) is 0 Å². The van der Waals surface area contributed by atoms with E-state index in [0.29, 0.717) is 0 Å². The molecule has 0 heterocycles. The van der Waals surface area contributed by atoms with Crippen LogP contribution in [0.2, 0.25) is 0 Å². The van der Waals surface area contributed by atoms with Gasteiger partial charge >= 0.3 is 0 Å². The molecule has 0 saturated carbocycles. The molecule has 1 nitrogen and oxygen atoms in total. The molecule has 10 aromatic rings. The van der Waals surface area contributed by atoms with Crippen molar-refractivity contribution in [3.05, 3.63) is 282 Å². The zero-order valence-corrected chi connectivity index (χ0v) is 36.6. The van der Waals surface area contributed by atoms with Crippen molar-refractivity contribution in [3.8, 4) is 55.6 Å². The van der Waals surface area contributed by atoms with Gasteiger partial charge in [0.05, 0.1) is 11.1 Å². The minimum atomic E-state index is -0.466. The fourth-order valence-corrected chi connectivity index (χ4v) is 11.1. The molecule has 12 rings (SSSR count). The number of hydrogen-bond acceptors (Lipinski definition) is 1. The quantitative estimate of drug-likeness (QED) is 0.147. The van der Waals surface area contributed by atoms with Crippen LogP contribution in [0.3, 0.4) is 0 Å². The Balaban J connectivity index is 1.02. The summed E-state index contributed by atoms with van der Waals surface area (Å²) >= 11 is 0. The van der Waals surface area contributed by atoms with Gasteiger partial charge in [0.25, 0.3) is 0 Å². The molecular formula is C64H47N. The molecule has 0 N–H and O–H groups in total. The van der Waals surface area contributed by atoms with Crippen molar-refractivity contribution in [2.75, 3.05) is 4.90 Å². The Morgan fingerprint density at radius 3 is 1.37 bits per heavy atom. The molecule has 65 heavy (non-hydrogen) atoms. The average Bonchev–Trinajstić information content (AvgIpc) is 3.80. The molecule has 0 fully saturated rings. The highest BCUT2D eigenvalue weighted by Gasteiger charge is 2.46. The van der Waals surface area contributed by atoms with Crippen LogP contribution in [0.5, 0.6) is 0 Å². The maximum absolute atomic E-state index is 2.50. The molecule has 0 spiro atoms. The largest absolute Gasteiger partial charge is 0.310 e. The van der Waals surface area contributed by atoms with E-state index in [1.54, 1.807) is 0 Å². The summed E-state index contributed by atoms with van der Waals surface area (Å²) in [4.78, 5) is 2.50. The molecule has 0 aromatic heterocycles. The second kappa shape index (κ2) is 15.4. The van der Waals surface area contributed by atoms with Crippen molar-refractivity contribution < 1.29 is 0 Å². The van der Waals surface area contributed by atoms with Crippen molar-refractivity contribution in [3.63, 3.8) is 0 Å². The third-order valence-electron chi connectivity index (χ3n) is 14.2. The fourth-order valence-electron chi connectivity index (χ4n) is 11.1. The van der Waals surface area contributed by atoms with Gasteiger partial charge in [-0.1, -0.05) is 226 Å². The molecule has 0 aliphatic heterocycles. The highest BCUT2D eigenvalue weighted by Crippen LogP contribution is 2.58. The lowest BCUT2D eigenvalue weighted by atomic mass is 9.68. The van der Waals surface area contributed by atoms with Crippen LogP contribution in [0.1, 0.15) is 47.2 Å². The van der Waals surface area contributed by atoms with Crippen molar-refractivity contribution >= 4 is 17.1 Å². The minimum absolute atomic E-state index is 0.229. The topological polar surface area (TPSA) is 3.24 Å². The van der Waals surface area contributed by atoms with Gasteiger partial charge < -0.3 is 4.90 Å². The van der Waals surface area contributed by atoms with Gasteiger partial charge in [0.15, 0.2) is 0 Å². The zero-order valence-electron chi connectivity index (χ0n) is 36.6. The van der Waals surface area contributed by atoms with Crippen molar-refractivity contribution in [2.24, 2.45) is 0 Å². The van der Waals surface area contributed by atoms with Gasteiger partial charge in [-0.15, -0.1) is 0 Å². The van der Waals surface area contributed by atoms with Gasteiger partial charge in [0.1, 0.15) is 0 Å². The number of benzene rings is 10. The van der Waals surface area contributed by atoms with E-state index in [1.807, 2.05) is 0 Å². The summed E-state index contributed by atoms with van der Waals surface area (Å²) in [5.74, 6) is 0. The van der Waals surface area contributed by atoms with Crippen LogP contribution in [0.15, 0.2) is 249 Å². The summed E-state index contributed by atoms with van der Waals surface area (Å²) in [5.41, 5.74) is 23.0. The molecule has 0 radical (unpaired) electrons. The Labute approximate surface area is 382 Å². The Morgan fingerprint density at radius 1 is 0.277 bits per heavy atom. The maximum Gasteiger partial charge on any atom is 0.0713 e. The van der Waals surface area contributed by atoms with Crippen molar-refractivity contribution in [1.82, 2.24) is 0 Å². The van der Waals surface area contributed by atoms with Gasteiger partial charge in [0.2, 0.25) is 0 Å². The number of anilines is 3. The fraction of sp³-hybridized carbons (Fsp3) is 0.0625. The molecule has 0 bridgehead atoms. The monoisotopic (exact) mass is 829 g/mol. The number of fused-ring (bicyclic) bond motifs is 6. The highest BCUT2D eigenvalue weighted by molar-refractivity contribution is 5.94. The first-order chi connectivity index (χ1) is 32.0. The van der Waals surface area contributed by atoms with E-state index >= 15 is 0 Å². The Bertz CT molecular complexity index is 3330. The number of nitrogens with zero attached hydrogens (tertiary/aromatic N) is 1. The van der Waals surface area contributed by atoms with Gasteiger partial charge in [-0.3, -0.25) is 0 Å². The van der Waals surface area contributed by atoms with Gasteiger partial charge in [-0.05, 0) is 120 Å². The first kappa shape index (κ1) is 38.7. The van der Waals surface area contributed by atoms with E-state index in [1.165, 1.54) is 89.0 Å². The second-order valence-corrected chi connectivity index (χ2v) is 18.0. The molecule has 0 unspecified atom stereocenters. The van der Waals surface area contributed by atoms with Crippen LogP contribution in [-0.4, -0.2) is 0 Å². The third kappa shape index (κ3) is 6.15. The summed E-state index contributed by atoms with van der Waals surface area (Å²) in [7, 11) is 0. The Morgan fingerprint density at radius 2 is 0.708 bits per heavy atom. The first-order valence-electron chi connectivity index (χ1n) is 22.8. The maximum atomic E-state index is 2.50. The zero-order chi connectivity index (χ0) is 43.5. The molecule has 2 aliphatic carbocycles. The van der Waals surface area contributed by atoms with E-state index in [0.717, 1.165) is 17.1 Å². The molecule has 1 heteroatoms. The number of hydrogen-bond donors (Lipinski definition) is 0. The van der Waals surface area contributed by atoms with E-state index < -0.39 is 5.41 Å². The average molecular weight is 830 g/mol. The van der Waals surface area contributed by atoms with Crippen molar-refractivity contribution in [1.29, 1.82) is 0 Å². The minimum Gasteiger partial charge on any atom is -0.310 e. The summed E-state index contributed by atoms with van der Waals surface area (Å²) in [6.07, 6.45) is 0.